The third kappa shape index (κ3) is 4.22. The van der Waals surface area contributed by atoms with Gasteiger partial charge in [-0.25, -0.2) is 9.78 Å². The highest BCUT2D eigenvalue weighted by Crippen LogP contribution is 2.29. The molecule has 2 amide bonds. The Hall–Kier alpha value is -3.15. The van der Waals surface area contributed by atoms with Crippen LogP contribution >= 0.6 is 0 Å². The van der Waals surface area contributed by atoms with E-state index < -0.39 is 0 Å². The van der Waals surface area contributed by atoms with Crippen LogP contribution in [0, 0.1) is 0 Å². The molecule has 144 valence electrons. The van der Waals surface area contributed by atoms with Gasteiger partial charge in [0.05, 0.1) is 18.8 Å². The maximum absolute atomic E-state index is 12.9. The molecule has 6 heteroatoms. The molecule has 0 unspecified atom stereocenters. The molecular weight excluding hydrogens is 352 g/mol. The standard InChI is InChI=1S/C22H24N4O2/c27-22(25-16-21-24-15-20(28-21)18-7-3-1-4-8-18)26-14-6-2-5-9-19(26)17-10-12-23-13-11-17/h1,3-4,7-8,10-13,15,19H,2,5-6,9,14,16H2,(H,25,27)/t19-/m0/s1. The molecule has 3 aromatic rings. The molecule has 0 aliphatic carbocycles. The molecular formula is C22H24N4O2. The number of benzene rings is 1. The zero-order valence-corrected chi connectivity index (χ0v) is 15.8. The van der Waals surface area contributed by atoms with Crippen molar-refractivity contribution < 1.29 is 9.21 Å². The Morgan fingerprint density at radius 2 is 1.93 bits per heavy atom. The maximum Gasteiger partial charge on any atom is 0.318 e. The lowest BCUT2D eigenvalue weighted by atomic mass is 10.0. The number of amides is 2. The highest BCUT2D eigenvalue weighted by atomic mass is 16.4. The van der Waals surface area contributed by atoms with E-state index >= 15 is 0 Å². The Bertz CT molecular complexity index is 895. The van der Waals surface area contributed by atoms with Crippen LogP contribution in [0.2, 0.25) is 0 Å². The molecule has 3 heterocycles. The lowest BCUT2D eigenvalue weighted by Crippen LogP contribution is -2.42. The minimum Gasteiger partial charge on any atom is -0.439 e. The summed E-state index contributed by atoms with van der Waals surface area (Å²) in [4.78, 5) is 23.2. The lowest BCUT2D eigenvalue weighted by molar-refractivity contribution is 0.174. The lowest BCUT2D eigenvalue weighted by Gasteiger charge is -2.30. The molecule has 2 aromatic heterocycles. The first-order valence-corrected chi connectivity index (χ1v) is 9.76. The molecule has 1 atom stereocenters. The number of hydrogen-bond acceptors (Lipinski definition) is 4. The van der Waals surface area contributed by atoms with Crippen LogP contribution in [0.5, 0.6) is 0 Å². The van der Waals surface area contributed by atoms with Gasteiger partial charge in [-0.3, -0.25) is 4.98 Å². The van der Waals surface area contributed by atoms with Crippen LogP contribution in [0.4, 0.5) is 4.79 Å². The molecule has 28 heavy (non-hydrogen) atoms. The second kappa shape index (κ2) is 8.69. The number of pyridine rings is 1. The summed E-state index contributed by atoms with van der Waals surface area (Å²) in [7, 11) is 0. The van der Waals surface area contributed by atoms with Gasteiger partial charge >= 0.3 is 6.03 Å². The van der Waals surface area contributed by atoms with Gasteiger partial charge in [0.1, 0.15) is 0 Å². The van der Waals surface area contributed by atoms with E-state index in [0.717, 1.165) is 43.4 Å². The van der Waals surface area contributed by atoms with Gasteiger partial charge in [-0.2, -0.15) is 0 Å². The van der Waals surface area contributed by atoms with Crippen molar-refractivity contribution in [2.75, 3.05) is 6.54 Å². The van der Waals surface area contributed by atoms with E-state index in [1.807, 2.05) is 47.4 Å². The van der Waals surface area contributed by atoms with E-state index in [1.54, 1.807) is 18.6 Å². The van der Waals surface area contributed by atoms with E-state index in [-0.39, 0.29) is 18.6 Å². The Balaban J connectivity index is 1.43. The SMILES string of the molecule is O=C(NCc1ncc(-c2ccccc2)o1)N1CCCCC[C@H]1c1ccncc1. The average Bonchev–Trinajstić information content (AvgIpc) is 3.09. The monoisotopic (exact) mass is 376 g/mol. The summed E-state index contributed by atoms with van der Waals surface area (Å²) in [6, 6.07) is 13.8. The molecule has 0 spiro atoms. The number of oxazole rings is 1. The third-order valence-electron chi connectivity index (χ3n) is 5.11. The van der Waals surface area contributed by atoms with Crippen molar-refractivity contribution in [3.8, 4) is 11.3 Å². The van der Waals surface area contributed by atoms with Gasteiger partial charge < -0.3 is 14.6 Å². The molecule has 1 saturated heterocycles. The summed E-state index contributed by atoms with van der Waals surface area (Å²) in [5.74, 6) is 1.21. The van der Waals surface area contributed by atoms with Crippen molar-refractivity contribution in [3.05, 3.63) is 72.5 Å². The normalized spacial score (nSPS) is 17.1. The number of nitrogens with one attached hydrogen (secondary N) is 1. The molecule has 1 aliphatic rings. The first-order valence-electron chi connectivity index (χ1n) is 9.76. The number of urea groups is 1. The van der Waals surface area contributed by atoms with Crippen LogP contribution in [0.15, 0.2) is 65.5 Å². The van der Waals surface area contributed by atoms with Gasteiger partial charge in [-0.05, 0) is 30.5 Å². The predicted molar refractivity (Wildman–Crippen MR) is 106 cm³/mol. The van der Waals surface area contributed by atoms with Crippen LogP contribution in [-0.4, -0.2) is 27.4 Å². The van der Waals surface area contributed by atoms with E-state index in [1.165, 1.54) is 0 Å². The number of rotatable bonds is 4. The number of hydrogen-bond donors (Lipinski definition) is 1. The number of likely N-dealkylation sites (tertiary alicyclic amines) is 1. The fourth-order valence-corrected chi connectivity index (χ4v) is 3.66. The minimum atomic E-state index is -0.0804. The number of aromatic nitrogens is 2. The van der Waals surface area contributed by atoms with E-state index in [0.29, 0.717) is 11.7 Å². The molecule has 1 aliphatic heterocycles. The average molecular weight is 376 g/mol. The molecule has 0 bridgehead atoms. The Morgan fingerprint density at radius 3 is 2.75 bits per heavy atom. The quantitative estimate of drug-likeness (QED) is 0.724. The summed E-state index contributed by atoms with van der Waals surface area (Å²) in [6.45, 7) is 1.02. The third-order valence-corrected chi connectivity index (χ3v) is 5.11. The predicted octanol–water partition coefficient (Wildman–Crippen LogP) is 4.56. The van der Waals surface area contributed by atoms with Gasteiger partial charge in [-0.1, -0.05) is 43.2 Å². The van der Waals surface area contributed by atoms with E-state index in [2.05, 4.69) is 15.3 Å². The van der Waals surface area contributed by atoms with Gasteiger partial charge in [-0.15, -0.1) is 0 Å². The molecule has 1 N–H and O–H groups in total. The van der Waals surface area contributed by atoms with E-state index in [9.17, 15) is 4.79 Å². The van der Waals surface area contributed by atoms with Crippen LogP contribution in [-0.2, 0) is 6.54 Å². The summed E-state index contributed by atoms with van der Waals surface area (Å²) >= 11 is 0. The van der Waals surface area contributed by atoms with Crippen molar-refractivity contribution in [2.45, 2.75) is 38.3 Å². The summed E-state index contributed by atoms with van der Waals surface area (Å²) in [5.41, 5.74) is 2.10. The second-order valence-corrected chi connectivity index (χ2v) is 6.98. The largest absolute Gasteiger partial charge is 0.439 e. The van der Waals surface area contributed by atoms with Crippen molar-refractivity contribution in [2.24, 2.45) is 0 Å². The number of carbonyl (C=O) groups excluding carboxylic acids is 1. The zero-order valence-electron chi connectivity index (χ0n) is 15.8. The Kier molecular flexibility index (Phi) is 5.66. The zero-order chi connectivity index (χ0) is 19.2. The van der Waals surface area contributed by atoms with Gasteiger partial charge in [0.25, 0.3) is 0 Å². The highest BCUT2D eigenvalue weighted by Gasteiger charge is 2.26. The molecule has 4 rings (SSSR count). The van der Waals surface area contributed by atoms with Crippen LogP contribution < -0.4 is 5.32 Å². The van der Waals surface area contributed by atoms with Gasteiger partial charge in [0.15, 0.2) is 5.76 Å². The summed E-state index contributed by atoms with van der Waals surface area (Å²) in [6.07, 6.45) is 9.52. The Morgan fingerprint density at radius 1 is 1.11 bits per heavy atom. The van der Waals surface area contributed by atoms with Crippen LogP contribution in [0.3, 0.4) is 0 Å². The molecule has 0 saturated carbocycles. The molecule has 1 fully saturated rings. The maximum atomic E-state index is 12.9. The summed E-state index contributed by atoms with van der Waals surface area (Å²) in [5, 5.41) is 2.98. The minimum absolute atomic E-state index is 0.0786. The van der Waals surface area contributed by atoms with Crippen molar-refractivity contribution >= 4 is 6.03 Å². The first kappa shape index (κ1) is 18.2. The smallest absolute Gasteiger partial charge is 0.318 e. The van der Waals surface area contributed by atoms with Crippen LogP contribution in [0.25, 0.3) is 11.3 Å². The van der Waals surface area contributed by atoms with Crippen LogP contribution in [0.1, 0.15) is 43.2 Å². The topological polar surface area (TPSA) is 71.3 Å². The van der Waals surface area contributed by atoms with Crippen molar-refractivity contribution in [3.63, 3.8) is 0 Å². The highest BCUT2D eigenvalue weighted by molar-refractivity contribution is 5.74. The number of carbonyl (C=O) groups is 1. The van der Waals surface area contributed by atoms with Gasteiger partial charge in [0, 0.05) is 24.5 Å². The van der Waals surface area contributed by atoms with E-state index in [4.69, 9.17) is 4.42 Å². The molecule has 6 nitrogen and oxygen atoms in total. The summed E-state index contributed by atoms with van der Waals surface area (Å²) < 4.78 is 5.79. The second-order valence-electron chi connectivity index (χ2n) is 6.98. The molecule has 0 radical (unpaired) electrons. The van der Waals surface area contributed by atoms with Crippen molar-refractivity contribution in [1.82, 2.24) is 20.2 Å². The fraction of sp³-hybridized carbons (Fsp3) is 0.318. The molecule has 1 aromatic carbocycles. The van der Waals surface area contributed by atoms with Gasteiger partial charge in [0.2, 0.25) is 5.89 Å². The Labute approximate surface area is 164 Å². The first-order chi connectivity index (χ1) is 13.8. The number of nitrogens with zero attached hydrogens (tertiary/aromatic N) is 3. The fourth-order valence-electron chi connectivity index (χ4n) is 3.66. The van der Waals surface area contributed by atoms with Crippen molar-refractivity contribution in [1.29, 1.82) is 0 Å².